The first-order valence-corrected chi connectivity index (χ1v) is 5.83. The van der Waals surface area contributed by atoms with E-state index in [0.29, 0.717) is 6.61 Å². The Kier molecular flexibility index (Phi) is 6.00. The van der Waals surface area contributed by atoms with E-state index in [1.54, 1.807) is 18.2 Å². The fourth-order valence-electron chi connectivity index (χ4n) is 1.31. The van der Waals surface area contributed by atoms with E-state index in [9.17, 15) is 9.18 Å². The molecule has 0 aliphatic rings. The van der Waals surface area contributed by atoms with Crippen LogP contribution in [0.4, 0.5) is 4.39 Å². The van der Waals surface area contributed by atoms with Crippen molar-refractivity contribution in [3.05, 3.63) is 41.7 Å². The molecule has 0 aliphatic heterocycles. The quantitative estimate of drug-likeness (QED) is 0.429. The van der Waals surface area contributed by atoms with Gasteiger partial charge in [0.05, 0.1) is 6.61 Å². The molecule has 0 unspecified atom stereocenters. The van der Waals surface area contributed by atoms with Crippen LogP contribution in [-0.2, 0) is 9.53 Å². The van der Waals surface area contributed by atoms with Crippen LogP contribution in [0.15, 0.2) is 30.3 Å². The third kappa shape index (κ3) is 5.85. The molecule has 1 aromatic carbocycles. The first-order valence-electron chi connectivity index (χ1n) is 5.83. The van der Waals surface area contributed by atoms with E-state index in [-0.39, 0.29) is 11.8 Å². The van der Waals surface area contributed by atoms with Gasteiger partial charge < -0.3 is 4.74 Å². The summed E-state index contributed by atoms with van der Waals surface area (Å²) in [6.45, 7) is 2.55. The fourth-order valence-corrected chi connectivity index (χ4v) is 1.31. The second-order valence-corrected chi connectivity index (χ2v) is 3.76. The van der Waals surface area contributed by atoms with Crippen LogP contribution in [0.5, 0.6) is 0 Å². The van der Waals surface area contributed by atoms with Crippen LogP contribution in [0.2, 0.25) is 0 Å². The standard InChI is InChI=1S/C14H17FO2/c1-2-3-4-11-17-14(16)10-7-12-5-8-13(15)9-6-12/h5-10H,2-4,11H2,1H3/b10-7+. The minimum absolute atomic E-state index is 0.288. The Morgan fingerprint density at radius 2 is 2.00 bits per heavy atom. The lowest BCUT2D eigenvalue weighted by Gasteiger charge is -2.00. The van der Waals surface area contributed by atoms with Crippen LogP contribution < -0.4 is 0 Å². The van der Waals surface area contributed by atoms with Gasteiger partial charge in [0.15, 0.2) is 0 Å². The van der Waals surface area contributed by atoms with Crippen LogP contribution >= 0.6 is 0 Å². The number of esters is 1. The summed E-state index contributed by atoms with van der Waals surface area (Å²) in [7, 11) is 0. The summed E-state index contributed by atoms with van der Waals surface area (Å²) >= 11 is 0. The Labute approximate surface area is 101 Å². The van der Waals surface area contributed by atoms with E-state index >= 15 is 0 Å². The summed E-state index contributed by atoms with van der Waals surface area (Å²) in [4.78, 5) is 11.3. The molecule has 3 heteroatoms. The molecule has 2 nitrogen and oxygen atoms in total. The smallest absolute Gasteiger partial charge is 0.330 e. The molecule has 0 saturated carbocycles. The van der Waals surface area contributed by atoms with E-state index in [1.165, 1.54) is 18.2 Å². The molecule has 92 valence electrons. The molecule has 0 aromatic heterocycles. The third-order valence-corrected chi connectivity index (χ3v) is 2.27. The lowest BCUT2D eigenvalue weighted by Crippen LogP contribution is -2.01. The second kappa shape index (κ2) is 7.60. The van der Waals surface area contributed by atoms with Gasteiger partial charge in [-0.25, -0.2) is 9.18 Å². The maximum absolute atomic E-state index is 12.6. The molecule has 0 bridgehead atoms. The summed E-state index contributed by atoms with van der Waals surface area (Å²) in [5, 5.41) is 0. The number of carbonyl (C=O) groups is 1. The molecule has 0 atom stereocenters. The molecule has 0 amide bonds. The highest BCUT2D eigenvalue weighted by atomic mass is 19.1. The Morgan fingerprint density at radius 1 is 1.29 bits per heavy atom. The van der Waals surface area contributed by atoms with Crippen LogP contribution in [0.1, 0.15) is 31.7 Å². The largest absolute Gasteiger partial charge is 0.463 e. The number of ether oxygens (including phenoxy) is 1. The van der Waals surface area contributed by atoms with Crippen molar-refractivity contribution in [3.8, 4) is 0 Å². The highest BCUT2D eigenvalue weighted by Gasteiger charge is 1.96. The van der Waals surface area contributed by atoms with Crippen LogP contribution in [-0.4, -0.2) is 12.6 Å². The molecule has 1 aromatic rings. The van der Waals surface area contributed by atoms with Gasteiger partial charge in [0.25, 0.3) is 0 Å². The number of benzene rings is 1. The van der Waals surface area contributed by atoms with E-state index in [2.05, 4.69) is 6.92 Å². The van der Waals surface area contributed by atoms with Gasteiger partial charge in [0.1, 0.15) is 5.82 Å². The number of halogens is 1. The summed E-state index contributed by atoms with van der Waals surface area (Å²) in [6.07, 6.45) is 6.03. The molecule has 0 N–H and O–H groups in total. The zero-order valence-electron chi connectivity index (χ0n) is 9.99. The Balaban J connectivity index is 2.32. The van der Waals surface area contributed by atoms with E-state index in [4.69, 9.17) is 4.74 Å². The van der Waals surface area contributed by atoms with Gasteiger partial charge >= 0.3 is 5.97 Å². The fraction of sp³-hybridized carbons (Fsp3) is 0.357. The van der Waals surface area contributed by atoms with Crippen molar-refractivity contribution in [1.29, 1.82) is 0 Å². The number of hydrogen-bond donors (Lipinski definition) is 0. The maximum Gasteiger partial charge on any atom is 0.330 e. The lowest BCUT2D eigenvalue weighted by molar-refractivity contribution is -0.137. The average molecular weight is 236 g/mol. The van der Waals surface area contributed by atoms with Gasteiger partial charge in [-0.3, -0.25) is 0 Å². The molecule has 1 rings (SSSR count). The Hall–Kier alpha value is -1.64. The van der Waals surface area contributed by atoms with Gasteiger partial charge in [-0.2, -0.15) is 0 Å². The zero-order chi connectivity index (χ0) is 12.5. The molecular weight excluding hydrogens is 219 g/mol. The summed E-state index contributed by atoms with van der Waals surface area (Å²) in [5.41, 5.74) is 0.775. The molecular formula is C14H17FO2. The van der Waals surface area contributed by atoms with Crippen molar-refractivity contribution in [3.63, 3.8) is 0 Å². The third-order valence-electron chi connectivity index (χ3n) is 2.27. The second-order valence-electron chi connectivity index (χ2n) is 3.76. The van der Waals surface area contributed by atoms with Crippen LogP contribution in [0, 0.1) is 5.82 Å². The summed E-state index contributed by atoms with van der Waals surface area (Å²) in [6, 6.07) is 5.92. The van der Waals surface area contributed by atoms with Crippen molar-refractivity contribution < 1.29 is 13.9 Å². The van der Waals surface area contributed by atoms with Gasteiger partial charge in [-0.05, 0) is 30.2 Å². The minimum atomic E-state index is -0.356. The Morgan fingerprint density at radius 3 is 2.65 bits per heavy atom. The normalized spacial score (nSPS) is 10.7. The summed E-state index contributed by atoms with van der Waals surface area (Å²) in [5.74, 6) is -0.644. The predicted octanol–water partition coefficient (Wildman–Crippen LogP) is 3.57. The molecule has 0 fully saturated rings. The van der Waals surface area contributed by atoms with Crippen LogP contribution in [0.3, 0.4) is 0 Å². The van der Waals surface area contributed by atoms with Crippen molar-refractivity contribution >= 4 is 12.0 Å². The van der Waals surface area contributed by atoms with Gasteiger partial charge in [-0.15, -0.1) is 0 Å². The lowest BCUT2D eigenvalue weighted by atomic mass is 10.2. The Bertz CT molecular complexity index is 368. The van der Waals surface area contributed by atoms with E-state index < -0.39 is 0 Å². The number of carbonyl (C=O) groups excluding carboxylic acids is 1. The highest BCUT2D eigenvalue weighted by Crippen LogP contribution is 2.04. The topological polar surface area (TPSA) is 26.3 Å². The molecule has 0 radical (unpaired) electrons. The van der Waals surface area contributed by atoms with Gasteiger partial charge in [0, 0.05) is 6.08 Å². The van der Waals surface area contributed by atoms with E-state index in [0.717, 1.165) is 24.8 Å². The number of hydrogen-bond acceptors (Lipinski definition) is 2. The monoisotopic (exact) mass is 236 g/mol. The first-order chi connectivity index (χ1) is 8.22. The van der Waals surface area contributed by atoms with Gasteiger partial charge in [-0.1, -0.05) is 31.9 Å². The molecule has 0 aliphatic carbocycles. The number of unbranched alkanes of at least 4 members (excludes halogenated alkanes) is 2. The van der Waals surface area contributed by atoms with E-state index in [1.807, 2.05) is 0 Å². The predicted molar refractivity (Wildman–Crippen MR) is 65.9 cm³/mol. The maximum atomic E-state index is 12.6. The van der Waals surface area contributed by atoms with Gasteiger partial charge in [0.2, 0.25) is 0 Å². The average Bonchev–Trinajstić information content (AvgIpc) is 2.34. The first kappa shape index (κ1) is 13.4. The van der Waals surface area contributed by atoms with Crippen LogP contribution in [0.25, 0.3) is 6.08 Å². The minimum Gasteiger partial charge on any atom is -0.463 e. The number of rotatable bonds is 6. The molecule has 17 heavy (non-hydrogen) atoms. The van der Waals surface area contributed by atoms with Crippen molar-refractivity contribution in [1.82, 2.24) is 0 Å². The highest BCUT2D eigenvalue weighted by molar-refractivity contribution is 5.86. The van der Waals surface area contributed by atoms with Crippen molar-refractivity contribution in [2.75, 3.05) is 6.61 Å². The molecule has 0 spiro atoms. The summed E-state index contributed by atoms with van der Waals surface area (Å²) < 4.78 is 17.6. The zero-order valence-corrected chi connectivity index (χ0v) is 9.99. The molecule has 0 heterocycles. The van der Waals surface area contributed by atoms with Crippen molar-refractivity contribution in [2.45, 2.75) is 26.2 Å². The van der Waals surface area contributed by atoms with Crippen molar-refractivity contribution in [2.24, 2.45) is 0 Å². The SMILES string of the molecule is CCCCCOC(=O)/C=C/c1ccc(F)cc1. The molecule has 0 saturated heterocycles.